The molecule has 2 rings (SSSR count). The van der Waals surface area contributed by atoms with Gasteiger partial charge in [-0.25, -0.2) is 0 Å². The van der Waals surface area contributed by atoms with Crippen molar-refractivity contribution in [1.29, 1.82) is 0 Å². The molecular formula is C32H64O6Si. The summed E-state index contributed by atoms with van der Waals surface area (Å²) in [6.07, 6.45) is 8.45. The summed E-state index contributed by atoms with van der Waals surface area (Å²) in [5.41, 5.74) is -0.208. The Balaban J connectivity index is 2.01. The summed E-state index contributed by atoms with van der Waals surface area (Å²) in [4.78, 5) is 0. The zero-order chi connectivity index (χ0) is 28.9. The standard InChI is InChI=1S/C32H64O6Si/c1-10-28(30-14-18-35-30)23-33-16-12-20-39(37-27(7)8,38-32(9,26(5)6)22-25(3)4)21-13-17-34-24-29(11-2)31-15-19-36-31/h25-31H,10-24H2,1-9H3. The topological polar surface area (TPSA) is 55.4 Å². The molecule has 232 valence electrons. The maximum atomic E-state index is 7.30. The molecule has 0 aliphatic carbocycles. The summed E-state index contributed by atoms with van der Waals surface area (Å²) in [7, 11) is -2.54. The van der Waals surface area contributed by atoms with Gasteiger partial charge in [-0.15, -0.1) is 0 Å². The highest BCUT2D eigenvalue weighted by Crippen LogP contribution is 2.37. The van der Waals surface area contributed by atoms with Crippen LogP contribution in [0.1, 0.15) is 107 Å². The lowest BCUT2D eigenvalue weighted by atomic mass is 9.85. The molecule has 2 heterocycles. The Morgan fingerprint density at radius 3 is 1.56 bits per heavy atom. The molecule has 2 aliphatic heterocycles. The summed E-state index contributed by atoms with van der Waals surface area (Å²) < 4.78 is 38.0. The van der Waals surface area contributed by atoms with Gasteiger partial charge >= 0.3 is 8.56 Å². The lowest BCUT2D eigenvalue weighted by Crippen LogP contribution is -2.53. The van der Waals surface area contributed by atoms with Crippen LogP contribution in [0.3, 0.4) is 0 Å². The SMILES string of the molecule is CCC(COCCC[Si](CCCOCC(CC)C1CCO1)(OC(C)C)OC(C)(CC(C)C)C(C)C)C1CCO1. The average Bonchev–Trinajstić information content (AvgIpc) is 2.78. The summed E-state index contributed by atoms with van der Waals surface area (Å²) in [6.45, 7) is 25.2. The van der Waals surface area contributed by atoms with E-state index in [4.69, 9.17) is 27.8 Å². The molecule has 0 bridgehead atoms. The Kier molecular flexibility index (Phi) is 16.1. The van der Waals surface area contributed by atoms with Crippen LogP contribution in [0.25, 0.3) is 0 Å². The van der Waals surface area contributed by atoms with Gasteiger partial charge in [-0.2, -0.15) is 0 Å². The van der Waals surface area contributed by atoms with E-state index in [0.717, 1.165) is 83.8 Å². The molecule has 5 atom stereocenters. The van der Waals surface area contributed by atoms with Crippen molar-refractivity contribution in [1.82, 2.24) is 0 Å². The van der Waals surface area contributed by atoms with Gasteiger partial charge in [-0.05, 0) is 89.6 Å². The molecular weight excluding hydrogens is 508 g/mol. The maximum Gasteiger partial charge on any atom is 0.338 e. The van der Waals surface area contributed by atoms with Crippen LogP contribution in [0.15, 0.2) is 0 Å². The zero-order valence-electron chi connectivity index (χ0n) is 27.1. The molecule has 2 aliphatic rings. The Labute approximate surface area is 242 Å². The van der Waals surface area contributed by atoms with Gasteiger partial charge in [0.25, 0.3) is 0 Å². The molecule has 2 fully saturated rings. The summed E-state index contributed by atoms with van der Waals surface area (Å²) in [5, 5.41) is 0. The average molecular weight is 573 g/mol. The van der Waals surface area contributed by atoms with E-state index in [-0.39, 0.29) is 11.7 Å². The summed E-state index contributed by atoms with van der Waals surface area (Å²) >= 11 is 0. The van der Waals surface area contributed by atoms with Crippen molar-refractivity contribution >= 4 is 8.56 Å². The first-order valence-corrected chi connectivity index (χ1v) is 18.5. The van der Waals surface area contributed by atoms with Crippen molar-refractivity contribution in [2.45, 2.75) is 143 Å². The van der Waals surface area contributed by atoms with Crippen LogP contribution in [-0.4, -0.2) is 72.1 Å². The molecule has 39 heavy (non-hydrogen) atoms. The van der Waals surface area contributed by atoms with E-state index >= 15 is 0 Å². The molecule has 6 nitrogen and oxygen atoms in total. The highest BCUT2D eigenvalue weighted by atomic mass is 28.4. The van der Waals surface area contributed by atoms with Gasteiger partial charge in [0.2, 0.25) is 0 Å². The zero-order valence-corrected chi connectivity index (χ0v) is 28.1. The molecule has 0 radical (unpaired) electrons. The lowest BCUT2D eigenvalue weighted by molar-refractivity contribution is -0.103. The lowest BCUT2D eigenvalue weighted by Gasteiger charge is -2.45. The minimum atomic E-state index is -2.54. The van der Waals surface area contributed by atoms with E-state index < -0.39 is 8.56 Å². The normalized spacial score (nSPS) is 24.3. The van der Waals surface area contributed by atoms with Crippen molar-refractivity contribution in [3.8, 4) is 0 Å². The maximum absolute atomic E-state index is 7.30. The van der Waals surface area contributed by atoms with Crippen molar-refractivity contribution in [2.24, 2.45) is 23.7 Å². The molecule has 0 aromatic rings. The fourth-order valence-corrected chi connectivity index (χ4v) is 10.1. The molecule has 2 saturated heterocycles. The monoisotopic (exact) mass is 572 g/mol. The predicted molar refractivity (Wildman–Crippen MR) is 163 cm³/mol. The quantitative estimate of drug-likeness (QED) is 0.0921. The molecule has 5 unspecified atom stereocenters. The van der Waals surface area contributed by atoms with E-state index in [0.29, 0.717) is 35.9 Å². The third kappa shape index (κ3) is 12.0. The Hall–Kier alpha value is -0.0231. The van der Waals surface area contributed by atoms with Crippen LogP contribution in [0.2, 0.25) is 12.1 Å². The van der Waals surface area contributed by atoms with Gasteiger partial charge in [0.05, 0.1) is 31.0 Å². The second-order valence-corrected chi connectivity index (χ2v) is 16.6. The number of hydrogen-bond acceptors (Lipinski definition) is 6. The predicted octanol–water partition coefficient (Wildman–Crippen LogP) is 7.77. The largest absolute Gasteiger partial charge is 0.392 e. The van der Waals surface area contributed by atoms with Gasteiger partial charge in [-0.3, -0.25) is 0 Å². The van der Waals surface area contributed by atoms with Crippen molar-refractivity contribution in [3.63, 3.8) is 0 Å². The number of ether oxygens (including phenoxy) is 4. The van der Waals surface area contributed by atoms with Gasteiger partial charge in [0.1, 0.15) is 0 Å². The first kappa shape index (κ1) is 35.2. The fourth-order valence-electron chi connectivity index (χ4n) is 6.01. The summed E-state index contributed by atoms with van der Waals surface area (Å²) in [6, 6.07) is 1.91. The second-order valence-electron chi connectivity index (χ2n) is 13.3. The molecule has 0 aromatic carbocycles. The number of rotatable bonds is 23. The Bertz CT molecular complexity index is 604. The minimum absolute atomic E-state index is 0.134. The van der Waals surface area contributed by atoms with Gasteiger partial charge < -0.3 is 27.8 Å². The highest BCUT2D eigenvalue weighted by molar-refractivity contribution is 6.67. The van der Waals surface area contributed by atoms with Crippen LogP contribution < -0.4 is 0 Å². The Morgan fingerprint density at radius 2 is 1.26 bits per heavy atom. The van der Waals surface area contributed by atoms with E-state index in [1.807, 2.05) is 0 Å². The number of hydrogen-bond donors (Lipinski definition) is 0. The van der Waals surface area contributed by atoms with E-state index in [9.17, 15) is 0 Å². The Morgan fingerprint density at radius 1 is 0.795 bits per heavy atom. The van der Waals surface area contributed by atoms with Crippen LogP contribution >= 0.6 is 0 Å². The van der Waals surface area contributed by atoms with Gasteiger partial charge in [0, 0.05) is 44.4 Å². The van der Waals surface area contributed by atoms with Gasteiger partial charge in [0.15, 0.2) is 0 Å². The minimum Gasteiger partial charge on any atom is -0.392 e. The molecule has 0 spiro atoms. The molecule has 7 heteroatoms. The van der Waals surface area contributed by atoms with E-state index in [2.05, 4.69) is 62.3 Å². The highest BCUT2D eigenvalue weighted by Gasteiger charge is 2.45. The fraction of sp³-hybridized carbons (Fsp3) is 1.00. The third-order valence-electron chi connectivity index (χ3n) is 8.83. The summed E-state index contributed by atoms with van der Waals surface area (Å²) in [5.74, 6) is 1.99. The van der Waals surface area contributed by atoms with Gasteiger partial charge in [-0.1, -0.05) is 41.5 Å². The second kappa shape index (κ2) is 17.8. The molecule has 0 aromatic heterocycles. The molecule has 0 amide bonds. The molecule has 0 N–H and O–H groups in total. The smallest absolute Gasteiger partial charge is 0.338 e. The van der Waals surface area contributed by atoms with E-state index in [1.54, 1.807) is 0 Å². The first-order chi connectivity index (χ1) is 18.5. The van der Waals surface area contributed by atoms with Crippen LogP contribution in [0.5, 0.6) is 0 Å². The molecule has 0 saturated carbocycles. The van der Waals surface area contributed by atoms with Crippen LogP contribution in [0, 0.1) is 23.7 Å². The van der Waals surface area contributed by atoms with Crippen molar-refractivity contribution in [3.05, 3.63) is 0 Å². The van der Waals surface area contributed by atoms with E-state index in [1.165, 1.54) is 12.8 Å². The third-order valence-corrected chi connectivity index (χ3v) is 12.8. The van der Waals surface area contributed by atoms with Crippen molar-refractivity contribution < 1.29 is 27.8 Å². The first-order valence-electron chi connectivity index (χ1n) is 16.3. The van der Waals surface area contributed by atoms with Crippen LogP contribution in [0.4, 0.5) is 0 Å². The van der Waals surface area contributed by atoms with Crippen LogP contribution in [-0.2, 0) is 27.8 Å². The van der Waals surface area contributed by atoms with Crippen molar-refractivity contribution in [2.75, 3.05) is 39.6 Å².